The zero-order chi connectivity index (χ0) is 29.3. The lowest BCUT2D eigenvalue weighted by Gasteiger charge is -2.20. The van der Waals surface area contributed by atoms with Crippen molar-refractivity contribution in [2.24, 2.45) is 0 Å². The van der Waals surface area contributed by atoms with Crippen molar-refractivity contribution in [3.05, 3.63) is 144 Å². The summed E-state index contributed by atoms with van der Waals surface area (Å²) in [7, 11) is 0. The molecule has 6 nitrogen and oxygen atoms in total. The van der Waals surface area contributed by atoms with Crippen LogP contribution in [0.25, 0.3) is 35.4 Å². The average molecular weight is 571 g/mol. The third-order valence-corrected chi connectivity index (χ3v) is 7.64. The van der Waals surface area contributed by atoms with E-state index in [4.69, 9.17) is 9.47 Å². The van der Waals surface area contributed by atoms with Crippen molar-refractivity contribution in [1.29, 1.82) is 0 Å². The van der Waals surface area contributed by atoms with Crippen molar-refractivity contribution in [2.75, 3.05) is 10.6 Å². The summed E-state index contributed by atoms with van der Waals surface area (Å²) < 4.78 is 12.0. The second kappa shape index (κ2) is 10.9. The highest BCUT2D eigenvalue weighted by atomic mass is 16.5. The second-order valence-electron chi connectivity index (χ2n) is 10.5. The molecule has 0 bridgehead atoms. The summed E-state index contributed by atoms with van der Waals surface area (Å²) in [5, 5.41) is 7.46. The van der Waals surface area contributed by atoms with Crippen LogP contribution in [0.5, 0.6) is 23.4 Å². The van der Waals surface area contributed by atoms with Crippen LogP contribution in [0.15, 0.2) is 121 Å². The molecule has 44 heavy (non-hydrogen) atoms. The van der Waals surface area contributed by atoms with Gasteiger partial charge in [-0.1, -0.05) is 91.0 Å². The third-order valence-electron chi connectivity index (χ3n) is 7.64. The summed E-state index contributed by atoms with van der Waals surface area (Å²) in [6.45, 7) is 0. The van der Waals surface area contributed by atoms with Gasteiger partial charge < -0.3 is 20.1 Å². The van der Waals surface area contributed by atoms with Crippen LogP contribution in [0.1, 0.15) is 22.3 Å². The average Bonchev–Trinajstić information content (AvgIpc) is 3.37. The molecule has 6 heteroatoms. The van der Waals surface area contributed by atoms with Crippen molar-refractivity contribution in [1.82, 2.24) is 9.97 Å². The number of benzene rings is 4. The van der Waals surface area contributed by atoms with E-state index >= 15 is 0 Å². The van der Waals surface area contributed by atoms with Gasteiger partial charge in [-0.05, 0) is 46.5 Å². The fraction of sp³-hybridized carbons (Fsp3) is 0. The van der Waals surface area contributed by atoms with Crippen LogP contribution in [-0.2, 0) is 0 Å². The van der Waals surface area contributed by atoms with Crippen molar-refractivity contribution < 1.29 is 9.47 Å². The molecular formula is C38H26N4O2. The number of hydrogen-bond donors (Lipinski definition) is 2. The molecule has 2 aliphatic heterocycles. The number of fused-ring (bicyclic) bond motifs is 4. The first kappa shape index (κ1) is 25.6. The Balaban J connectivity index is 1.12. The molecule has 8 rings (SSSR count). The van der Waals surface area contributed by atoms with Gasteiger partial charge >= 0.3 is 0 Å². The van der Waals surface area contributed by atoms with Gasteiger partial charge in [0.1, 0.15) is 5.75 Å². The molecule has 4 aromatic carbocycles. The van der Waals surface area contributed by atoms with Crippen LogP contribution >= 0.6 is 0 Å². The lowest BCUT2D eigenvalue weighted by Crippen LogP contribution is -2.00. The minimum atomic E-state index is 0.406. The quantitative estimate of drug-likeness (QED) is 0.215. The smallest absolute Gasteiger partial charge is 0.224 e. The van der Waals surface area contributed by atoms with Gasteiger partial charge in [0, 0.05) is 53.0 Å². The van der Waals surface area contributed by atoms with Gasteiger partial charge in [0.15, 0.2) is 0 Å². The van der Waals surface area contributed by atoms with Gasteiger partial charge in [-0.2, -0.15) is 4.98 Å². The number of ether oxygens (including phenoxy) is 2. The maximum Gasteiger partial charge on any atom is 0.224 e. The van der Waals surface area contributed by atoms with Crippen LogP contribution in [0, 0.1) is 0 Å². The zero-order valence-corrected chi connectivity index (χ0v) is 23.6. The number of rotatable bonds is 5. The van der Waals surface area contributed by atoms with Gasteiger partial charge in [-0.25, -0.2) is 4.98 Å². The molecule has 4 heterocycles. The molecule has 0 amide bonds. The molecule has 0 atom stereocenters. The number of anilines is 4. The Morgan fingerprint density at radius 1 is 0.455 bits per heavy atom. The minimum absolute atomic E-state index is 0.406. The number of aromatic nitrogens is 2. The van der Waals surface area contributed by atoms with Crippen molar-refractivity contribution in [3.63, 3.8) is 0 Å². The monoisotopic (exact) mass is 570 g/mol. The lowest BCUT2D eigenvalue weighted by molar-refractivity contribution is 0.417. The number of nitrogens with one attached hydrogen (secondary N) is 2. The van der Waals surface area contributed by atoms with Gasteiger partial charge in [-0.3, -0.25) is 0 Å². The first-order valence-electron chi connectivity index (χ1n) is 14.4. The molecule has 0 spiro atoms. The van der Waals surface area contributed by atoms with Crippen LogP contribution in [0.3, 0.4) is 0 Å². The fourth-order valence-corrected chi connectivity index (χ4v) is 5.53. The molecule has 6 aromatic rings. The summed E-state index contributed by atoms with van der Waals surface area (Å²) in [6.07, 6.45) is 10.3. The molecule has 0 aliphatic carbocycles. The van der Waals surface area contributed by atoms with Gasteiger partial charge in [0.25, 0.3) is 0 Å². The predicted molar refractivity (Wildman–Crippen MR) is 178 cm³/mol. The van der Waals surface area contributed by atoms with Crippen LogP contribution in [0.4, 0.5) is 22.7 Å². The van der Waals surface area contributed by atoms with Crippen LogP contribution in [0.2, 0.25) is 0 Å². The standard InChI is InChI=1S/C38H26N4O2/c1-2-13-32-25(8-1)17-19-27-9-5-11-30(37(27)40-32)31-12-6-10-28-20-18-26-21-22-29(24-33(26)41-38(28)31)43-35-15-7-16-36(42-35)44-34-14-3-4-23-39-34/h1-24,40-41H. The van der Waals surface area contributed by atoms with E-state index in [1.54, 1.807) is 24.4 Å². The molecular weight excluding hydrogens is 544 g/mol. The second-order valence-corrected chi connectivity index (χ2v) is 10.5. The maximum atomic E-state index is 6.19. The van der Waals surface area contributed by atoms with E-state index in [-0.39, 0.29) is 0 Å². The van der Waals surface area contributed by atoms with E-state index in [9.17, 15) is 0 Å². The summed E-state index contributed by atoms with van der Waals surface area (Å²) in [5.74, 6) is 1.96. The highest BCUT2D eigenvalue weighted by molar-refractivity contribution is 6.00. The first-order valence-corrected chi connectivity index (χ1v) is 14.4. The number of nitrogens with zero attached hydrogens (tertiary/aromatic N) is 2. The Morgan fingerprint density at radius 3 is 1.80 bits per heavy atom. The normalized spacial score (nSPS) is 12.3. The molecule has 0 radical (unpaired) electrons. The van der Waals surface area contributed by atoms with E-state index in [1.807, 2.05) is 36.4 Å². The van der Waals surface area contributed by atoms with Crippen LogP contribution < -0.4 is 20.1 Å². The Kier molecular flexibility index (Phi) is 6.35. The Bertz CT molecular complexity index is 2090. The summed E-state index contributed by atoms with van der Waals surface area (Å²) >= 11 is 0. The lowest BCUT2D eigenvalue weighted by atomic mass is 9.96. The largest absolute Gasteiger partial charge is 0.439 e. The molecule has 0 saturated heterocycles. The fourth-order valence-electron chi connectivity index (χ4n) is 5.53. The molecule has 2 N–H and O–H groups in total. The molecule has 0 saturated carbocycles. The first-order chi connectivity index (χ1) is 21.8. The van der Waals surface area contributed by atoms with E-state index in [0.29, 0.717) is 23.4 Å². The molecule has 2 aromatic heterocycles. The Hall–Kier alpha value is -6.14. The van der Waals surface area contributed by atoms with E-state index < -0.39 is 0 Å². The SMILES string of the molecule is C1=Cc2cccc(-c3cccc4c3Nc3cc(Oc5cccc(Oc6ccccn6)n5)ccc3C=C4)c2Nc2ccccc21. The summed E-state index contributed by atoms with van der Waals surface area (Å²) in [4.78, 5) is 8.72. The van der Waals surface area contributed by atoms with Crippen molar-refractivity contribution in [2.45, 2.75) is 0 Å². The highest BCUT2D eigenvalue weighted by Crippen LogP contribution is 2.44. The van der Waals surface area contributed by atoms with Crippen molar-refractivity contribution in [3.8, 4) is 34.5 Å². The minimum Gasteiger partial charge on any atom is -0.439 e. The van der Waals surface area contributed by atoms with Crippen LogP contribution in [-0.4, -0.2) is 9.97 Å². The summed E-state index contributed by atoms with van der Waals surface area (Å²) in [5.41, 5.74) is 10.8. The topological polar surface area (TPSA) is 68.3 Å². The Morgan fingerprint density at radius 2 is 1.05 bits per heavy atom. The number of para-hydroxylation sites is 3. The highest BCUT2D eigenvalue weighted by Gasteiger charge is 2.19. The van der Waals surface area contributed by atoms with Gasteiger partial charge in [-0.15, -0.1) is 0 Å². The molecule has 0 unspecified atom stereocenters. The summed E-state index contributed by atoms with van der Waals surface area (Å²) in [6, 6.07) is 38.1. The Labute approximate surface area is 255 Å². The molecule has 0 fully saturated rings. The van der Waals surface area contributed by atoms with E-state index in [0.717, 1.165) is 56.1 Å². The molecule has 210 valence electrons. The van der Waals surface area contributed by atoms with E-state index in [1.165, 1.54) is 0 Å². The maximum absolute atomic E-state index is 6.19. The number of pyridine rings is 2. The van der Waals surface area contributed by atoms with E-state index in [2.05, 4.69) is 106 Å². The van der Waals surface area contributed by atoms with Gasteiger partial charge in [0.05, 0.1) is 11.4 Å². The van der Waals surface area contributed by atoms with Crippen molar-refractivity contribution >= 4 is 47.1 Å². The number of hydrogen-bond acceptors (Lipinski definition) is 6. The molecule has 2 aliphatic rings. The predicted octanol–water partition coefficient (Wildman–Crippen LogP) is 10.2. The van der Waals surface area contributed by atoms with Gasteiger partial charge in [0.2, 0.25) is 17.6 Å². The zero-order valence-electron chi connectivity index (χ0n) is 23.6. The third kappa shape index (κ3) is 4.95.